The van der Waals surface area contributed by atoms with Crippen molar-refractivity contribution in [3.63, 3.8) is 0 Å². The molecule has 0 bridgehead atoms. The molecule has 144 valence electrons. The molecule has 2 amide bonds. The first kappa shape index (κ1) is 20.4. The van der Waals surface area contributed by atoms with Crippen LogP contribution in [0, 0.1) is 0 Å². The van der Waals surface area contributed by atoms with Crippen LogP contribution in [0.25, 0.3) is 0 Å². The van der Waals surface area contributed by atoms with E-state index in [1.54, 1.807) is 6.07 Å². The van der Waals surface area contributed by atoms with Crippen molar-refractivity contribution in [1.29, 1.82) is 0 Å². The molecule has 27 heavy (non-hydrogen) atoms. The molecule has 0 aliphatic heterocycles. The number of hydrogen-bond acceptors (Lipinski definition) is 5. The molecule has 0 unspecified atom stereocenters. The molecular formula is C20H27N5O2. The highest BCUT2D eigenvalue weighted by molar-refractivity contribution is 6.04. The predicted molar refractivity (Wildman–Crippen MR) is 108 cm³/mol. The van der Waals surface area contributed by atoms with Crippen LogP contribution in [-0.4, -0.2) is 63.0 Å². The number of benzene rings is 1. The van der Waals surface area contributed by atoms with Gasteiger partial charge in [0.1, 0.15) is 5.69 Å². The highest BCUT2D eigenvalue weighted by atomic mass is 16.2. The van der Waals surface area contributed by atoms with Gasteiger partial charge in [-0.2, -0.15) is 0 Å². The molecular weight excluding hydrogens is 342 g/mol. The van der Waals surface area contributed by atoms with Gasteiger partial charge in [0.05, 0.1) is 0 Å². The lowest BCUT2D eigenvalue weighted by molar-refractivity contribution is 0.0952. The monoisotopic (exact) mass is 369 g/mol. The van der Waals surface area contributed by atoms with Gasteiger partial charge >= 0.3 is 0 Å². The van der Waals surface area contributed by atoms with Crippen molar-refractivity contribution in [2.24, 2.45) is 0 Å². The van der Waals surface area contributed by atoms with E-state index >= 15 is 0 Å². The van der Waals surface area contributed by atoms with Crippen molar-refractivity contribution in [3.8, 4) is 0 Å². The number of amides is 2. The lowest BCUT2D eigenvalue weighted by atomic mass is 10.2. The Bertz CT molecular complexity index is 772. The summed E-state index contributed by atoms with van der Waals surface area (Å²) in [6, 6.07) is 10.6. The van der Waals surface area contributed by atoms with E-state index in [1.165, 1.54) is 12.3 Å². The van der Waals surface area contributed by atoms with Gasteiger partial charge in [-0.15, -0.1) is 0 Å². The fourth-order valence-corrected chi connectivity index (χ4v) is 2.43. The van der Waals surface area contributed by atoms with Gasteiger partial charge in [0.25, 0.3) is 11.8 Å². The summed E-state index contributed by atoms with van der Waals surface area (Å²) in [5, 5.41) is 5.66. The molecule has 0 saturated heterocycles. The van der Waals surface area contributed by atoms with Crippen LogP contribution in [-0.2, 0) is 0 Å². The topological polar surface area (TPSA) is 77.6 Å². The minimum atomic E-state index is -0.352. The molecule has 0 atom stereocenters. The zero-order chi connectivity index (χ0) is 19.8. The van der Waals surface area contributed by atoms with Crippen LogP contribution >= 0.6 is 0 Å². The normalized spacial score (nSPS) is 10.6. The molecule has 0 aliphatic rings. The molecule has 0 aliphatic carbocycles. The summed E-state index contributed by atoms with van der Waals surface area (Å²) in [5.41, 5.74) is 2.33. The summed E-state index contributed by atoms with van der Waals surface area (Å²) in [6.07, 6.45) is 2.33. The maximum Gasteiger partial charge on any atom is 0.274 e. The number of carbonyl (C=O) groups excluding carboxylic acids is 2. The Morgan fingerprint density at radius 1 is 1.00 bits per heavy atom. The molecule has 0 radical (unpaired) electrons. The van der Waals surface area contributed by atoms with Crippen LogP contribution in [0.2, 0.25) is 0 Å². The first-order valence-electron chi connectivity index (χ1n) is 8.84. The summed E-state index contributed by atoms with van der Waals surface area (Å²) in [5.74, 6) is -0.560. The van der Waals surface area contributed by atoms with Crippen molar-refractivity contribution in [2.75, 3.05) is 51.5 Å². The van der Waals surface area contributed by atoms with E-state index < -0.39 is 0 Å². The number of nitrogens with one attached hydrogen (secondary N) is 2. The number of rotatable bonds is 8. The van der Waals surface area contributed by atoms with Gasteiger partial charge in [-0.25, -0.2) is 0 Å². The minimum Gasteiger partial charge on any atom is -0.378 e. The summed E-state index contributed by atoms with van der Waals surface area (Å²) in [7, 11) is 7.89. The van der Waals surface area contributed by atoms with Crippen molar-refractivity contribution >= 4 is 23.2 Å². The van der Waals surface area contributed by atoms with E-state index in [-0.39, 0.29) is 17.5 Å². The summed E-state index contributed by atoms with van der Waals surface area (Å²) in [4.78, 5) is 32.8. The molecule has 0 fully saturated rings. The third-order valence-electron chi connectivity index (χ3n) is 3.96. The summed E-state index contributed by atoms with van der Waals surface area (Å²) in [6.45, 7) is 1.48. The van der Waals surface area contributed by atoms with Crippen molar-refractivity contribution in [2.45, 2.75) is 6.42 Å². The third kappa shape index (κ3) is 6.38. The van der Waals surface area contributed by atoms with Gasteiger partial charge in [-0.05, 0) is 63.5 Å². The molecule has 1 aromatic heterocycles. The Hall–Kier alpha value is -2.93. The van der Waals surface area contributed by atoms with E-state index in [4.69, 9.17) is 0 Å². The Kier molecular flexibility index (Phi) is 7.31. The highest BCUT2D eigenvalue weighted by Gasteiger charge is 2.12. The fourth-order valence-electron chi connectivity index (χ4n) is 2.43. The lowest BCUT2D eigenvalue weighted by Crippen LogP contribution is -2.27. The van der Waals surface area contributed by atoms with Crippen LogP contribution in [0.5, 0.6) is 0 Å². The first-order valence-corrected chi connectivity index (χ1v) is 8.84. The summed E-state index contributed by atoms with van der Waals surface area (Å²) >= 11 is 0. The molecule has 2 N–H and O–H groups in total. The number of pyridine rings is 1. The van der Waals surface area contributed by atoms with Crippen molar-refractivity contribution in [3.05, 3.63) is 53.9 Å². The quantitative estimate of drug-likeness (QED) is 0.697. The number of hydrogen-bond donors (Lipinski definition) is 2. The molecule has 7 heteroatoms. The second-order valence-electron chi connectivity index (χ2n) is 6.74. The van der Waals surface area contributed by atoms with Crippen LogP contribution < -0.4 is 15.5 Å². The fraction of sp³-hybridized carbons (Fsp3) is 0.350. The smallest absolute Gasteiger partial charge is 0.274 e. The van der Waals surface area contributed by atoms with Crippen LogP contribution in [0.15, 0.2) is 42.6 Å². The molecule has 7 nitrogen and oxygen atoms in total. The number of carbonyl (C=O) groups is 2. The molecule has 2 aromatic rings. The second-order valence-corrected chi connectivity index (χ2v) is 6.74. The minimum absolute atomic E-state index is 0.202. The zero-order valence-electron chi connectivity index (χ0n) is 16.3. The second kappa shape index (κ2) is 9.68. The first-order chi connectivity index (χ1) is 12.9. The Balaban J connectivity index is 1.97. The van der Waals surface area contributed by atoms with E-state index in [1.807, 2.05) is 57.4 Å². The van der Waals surface area contributed by atoms with Crippen molar-refractivity contribution in [1.82, 2.24) is 15.2 Å². The number of aromatic nitrogens is 1. The van der Waals surface area contributed by atoms with E-state index in [0.717, 1.165) is 18.7 Å². The maximum atomic E-state index is 12.4. The van der Waals surface area contributed by atoms with E-state index in [0.29, 0.717) is 17.8 Å². The SMILES string of the molecule is CN(C)CCCNC(=O)c1ccnc(C(=O)Nc2ccc(N(C)C)cc2)c1. The zero-order valence-corrected chi connectivity index (χ0v) is 16.3. The molecule has 1 heterocycles. The molecule has 2 rings (SSSR count). The van der Waals surface area contributed by atoms with Gasteiger partial charge in [0, 0.05) is 43.8 Å². The maximum absolute atomic E-state index is 12.4. The van der Waals surface area contributed by atoms with Crippen LogP contribution in [0.4, 0.5) is 11.4 Å². The summed E-state index contributed by atoms with van der Waals surface area (Å²) < 4.78 is 0. The highest BCUT2D eigenvalue weighted by Crippen LogP contribution is 2.16. The molecule has 0 spiro atoms. The Morgan fingerprint density at radius 3 is 2.33 bits per heavy atom. The third-order valence-corrected chi connectivity index (χ3v) is 3.96. The average Bonchev–Trinajstić information content (AvgIpc) is 2.65. The van der Waals surface area contributed by atoms with Gasteiger partial charge < -0.3 is 20.4 Å². The molecule has 0 saturated carbocycles. The van der Waals surface area contributed by atoms with E-state index in [2.05, 4.69) is 20.5 Å². The Labute approximate surface area is 160 Å². The van der Waals surface area contributed by atoms with Gasteiger partial charge in [-0.1, -0.05) is 0 Å². The average molecular weight is 369 g/mol. The largest absolute Gasteiger partial charge is 0.378 e. The predicted octanol–water partition coefficient (Wildman–Crippen LogP) is 2.08. The van der Waals surface area contributed by atoms with E-state index in [9.17, 15) is 9.59 Å². The number of nitrogens with zero attached hydrogens (tertiary/aromatic N) is 3. The standard InChI is InChI=1S/C20H27N5O2/c1-24(2)13-5-11-22-19(26)15-10-12-21-18(14-15)20(27)23-16-6-8-17(9-7-16)25(3)4/h6-10,12,14H,5,11,13H2,1-4H3,(H,22,26)(H,23,27). The van der Waals surface area contributed by atoms with Gasteiger partial charge in [0.15, 0.2) is 0 Å². The molecule has 1 aromatic carbocycles. The van der Waals surface area contributed by atoms with Crippen molar-refractivity contribution < 1.29 is 9.59 Å². The van der Waals surface area contributed by atoms with Gasteiger partial charge in [0.2, 0.25) is 0 Å². The van der Waals surface area contributed by atoms with Crippen LogP contribution in [0.1, 0.15) is 27.3 Å². The number of anilines is 2. The lowest BCUT2D eigenvalue weighted by Gasteiger charge is -2.13. The Morgan fingerprint density at radius 2 is 1.70 bits per heavy atom. The van der Waals surface area contributed by atoms with Gasteiger partial charge in [-0.3, -0.25) is 14.6 Å². The van der Waals surface area contributed by atoms with Crippen LogP contribution in [0.3, 0.4) is 0 Å².